The van der Waals surface area contributed by atoms with E-state index in [-0.39, 0.29) is 24.1 Å². The molecule has 3 N–H and O–H groups in total. The summed E-state index contributed by atoms with van der Waals surface area (Å²) < 4.78 is 0. The van der Waals surface area contributed by atoms with Crippen LogP contribution in [0.2, 0.25) is 0 Å². The largest absolute Gasteiger partial charge is 0.322 e. The average Bonchev–Trinajstić information content (AvgIpc) is 3.09. The van der Waals surface area contributed by atoms with Crippen molar-refractivity contribution in [1.29, 1.82) is 0 Å². The molecule has 1 aromatic rings. The summed E-state index contributed by atoms with van der Waals surface area (Å²) in [6.45, 7) is 3.44. The Morgan fingerprint density at radius 3 is 2.87 bits per heavy atom. The molecule has 160 valence electrons. The molecule has 0 bridgehead atoms. The normalized spacial score (nSPS) is 31.3. The molecule has 5 rings (SSSR count). The molecule has 4 atom stereocenters. The number of hydrogen-bond acceptors (Lipinski definition) is 5. The van der Waals surface area contributed by atoms with Gasteiger partial charge in [0, 0.05) is 31.1 Å². The SMILES string of the molecule is O=C1CCC(N2Cc3c(CNC4CCCC5CNCCC54)cccc3C2=O)C(=O)N1. The first kappa shape index (κ1) is 19.7. The van der Waals surface area contributed by atoms with Crippen LogP contribution in [0.5, 0.6) is 0 Å². The van der Waals surface area contributed by atoms with Crippen molar-refractivity contribution in [2.75, 3.05) is 13.1 Å². The Kier molecular flexibility index (Phi) is 5.33. The Morgan fingerprint density at radius 2 is 2.00 bits per heavy atom. The minimum atomic E-state index is -0.558. The third-order valence-electron chi connectivity index (χ3n) is 7.51. The van der Waals surface area contributed by atoms with E-state index in [4.69, 9.17) is 0 Å². The van der Waals surface area contributed by atoms with Crippen molar-refractivity contribution in [2.24, 2.45) is 11.8 Å². The Morgan fingerprint density at radius 1 is 1.10 bits per heavy atom. The molecule has 30 heavy (non-hydrogen) atoms. The molecule has 0 spiro atoms. The van der Waals surface area contributed by atoms with Crippen molar-refractivity contribution >= 4 is 17.7 Å². The molecule has 1 aliphatic carbocycles. The number of carbonyl (C=O) groups excluding carboxylic acids is 3. The average molecular weight is 411 g/mol. The Balaban J connectivity index is 1.30. The minimum Gasteiger partial charge on any atom is -0.322 e. The Hall–Kier alpha value is -2.25. The molecule has 7 nitrogen and oxygen atoms in total. The van der Waals surface area contributed by atoms with E-state index in [1.54, 1.807) is 4.90 Å². The number of benzene rings is 1. The predicted molar refractivity (Wildman–Crippen MR) is 111 cm³/mol. The molecular formula is C23H30N4O3. The van der Waals surface area contributed by atoms with Crippen molar-refractivity contribution < 1.29 is 14.4 Å². The smallest absolute Gasteiger partial charge is 0.255 e. The quantitative estimate of drug-likeness (QED) is 0.652. The molecule has 3 aliphatic heterocycles. The number of carbonyl (C=O) groups is 3. The molecule has 3 fully saturated rings. The summed E-state index contributed by atoms with van der Waals surface area (Å²) in [6, 6.07) is 5.87. The van der Waals surface area contributed by atoms with Gasteiger partial charge in [-0.1, -0.05) is 18.6 Å². The van der Waals surface area contributed by atoms with Crippen LogP contribution in [0, 0.1) is 11.8 Å². The van der Waals surface area contributed by atoms with Crippen LogP contribution in [0.15, 0.2) is 18.2 Å². The van der Waals surface area contributed by atoms with Crippen molar-refractivity contribution in [3.8, 4) is 0 Å². The van der Waals surface area contributed by atoms with Gasteiger partial charge in [0.2, 0.25) is 11.8 Å². The van der Waals surface area contributed by atoms with Gasteiger partial charge in [0.15, 0.2) is 0 Å². The first-order chi connectivity index (χ1) is 14.6. The third-order valence-corrected chi connectivity index (χ3v) is 7.51. The molecule has 1 saturated carbocycles. The zero-order valence-electron chi connectivity index (χ0n) is 17.3. The first-order valence-electron chi connectivity index (χ1n) is 11.3. The van der Waals surface area contributed by atoms with Crippen LogP contribution < -0.4 is 16.0 Å². The maximum atomic E-state index is 13.0. The second-order valence-corrected chi connectivity index (χ2v) is 9.18. The van der Waals surface area contributed by atoms with Crippen LogP contribution in [-0.4, -0.2) is 47.8 Å². The number of nitrogens with zero attached hydrogens (tertiary/aromatic N) is 1. The van der Waals surface area contributed by atoms with Gasteiger partial charge in [-0.2, -0.15) is 0 Å². The summed E-state index contributed by atoms with van der Waals surface area (Å²) in [5.41, 5.74) is 2.87. The summed E-state index contributed by atoms with van der Waals surface area (Å²) in [6.07, 6.45) is 5.73. The van der Waals surface area contributed by atoms with Gasteiger partial charge < -0.3 is 15.5 Å². The molecule has 0 radical (unpaired) electrons. The van der Waals surface area contributed by atoms with E-state index in [1.807, 2.05) is 12.1 Å². The topological polar surface area (TPSA) is 90.5 Å². The van der Waals surface area contributed by atoms with Gasteiger partial charge in [-0.3, -0.25) is 19.7 Å². The molecule has 3 heterocycles. The van der Waals surface area contributed by atoms with Gasteiger partial charge in [0.25, 0.3) is 5.91 Å². The third kappa shape index (κ3) is 3.54. The zero-order valence-corrected chi connectivity index (χ0v) is 17.3. The Labute approximate surface area is 177 Å². The number of hydrogen-bond donors (Lipinski definition) is 3. The van der Waals surface area contributed by atoms with Crippen molar-refractivity contribution in [3.63, 3.8) is 0 Å². The van der Waals surface area contributed by atoms with Gasteiger partial charge in [0.05, 0.1) is 0 Å². The number of amides is 3. The maximum Gasteiger partial charge on any atom is 0.255 e. The van der Waals surface area contributed by atoms with E-state index in [9.17, 15) is 14.4 Å². The lowest BCUT2D eigenvalue weighted by atomic mass is 9.72. The number of piperidine rings is 2. The second kappa shape index (κ2) is 8.12. The highest BCUT2D eigenvalue weighted by Crippen LogP contribution is 2.35. The second-order valence-electron chi connectivity index (χ2n) is 9.18. The van der Waals surface area contributed by atoms with Gasteiger partial charge in [-0.15, -0.1) is 0 Å². The van der Waals surface area contributed by atoms with Crippen LogP contribution in [0.3, 0.4) is 0 Å². The van der Waals surface area contributed by atoms with Gasteiger partial charge >= 0.3 is 0 Å². The van der Waals surface area contributed by atoms with Crippen LogP contribution in [-0.2, 0) is 22.7 Å². The van der Waals surface area contributed by atoms with Gasteiger partial charge in [-0.25, -0.2) is 0 Å². The van der Waals surface area contributed by atoms with E-state index in [0.29, 0.717) is 24.6 Å². The molecule has 3 amide bonds. The monoisotopic (exact) mass is 410 g/mol. The number of rotatable bonds is 4. The number of nitrogens with one attached hydrogen (secondary N) is 3. The van der Waals surface area contributed by atoms with Crippen LogP contribution >= 0.6 is 0 Å². The van der Waals surface area contributed by atoms with E-state index < -0.39 is 6.04 Å². The minimum absolute atomic E-state index is 0.0996. The number of imide groups is 1. The molecular weight excluding hydrogens is 380 g/mol. The highest BCUT2D eigenvalue weighted by molar-refractivity contribution is 6.05. The fourth-order valence-electron chi connectivity index (χ4n) is 5.91. The summed E-state index contributed by atoms with van der Waals surface area (Å²) in [5, 5.41) is 9.72. The highest BCUT2D eigenvalue weighted by Gasteiger charge is 2.40. The van der Waals surface area contributed by atoms with Crippen molar-refractivity contribution in [2.45, 2.75) is 63.7 Å². The molecule has 0 aromatic heterocycles. The lowest BCUT2D eigenvalue weighted by Crippen LogP contribution is -2.52. The predicted octanol–water partition coefficient (Wildman–Crippen LogP) is 1.32. The van der Waals surface area contributed by atoms with E-state index in [2.05, 4.69) is 22.0 Å². The number of fused-ring (bicyclic) bond motifs is 2. The Bertz CT molecular complexity index is 868. The van der Waals surface area contributed by atoms with Gasteiger partial charge in [-0.05, 0) is 67.8 Å². The maximum absolute atomic E-state index is 13.0. The molecule has 2 saturated heterocycles. The fourth-order valence-corrected chi connectivity index (χ4v) is 5.91. The van der Waals surface area contributed by atoms with Crippen LogP contribution in [0.1, 0.15) is 60.0 Å². The zero-order chi connectivity index (χ0) is 20.7. The lowest BCUT2D eigenvalue weighted by molar-refractivity contribution is -0.136. The van der Waals surface area contributed by atoms with E-state index >= 15 is 0 Å². The van der Waals surface area contributed by atoms with Crippen molar-refractivity contribution in [1.82, 2.24) is 20.9 Å². The molecule has 4 aliphatic rings. The molecule has 1 aromatic carbocycles. The van der Waals surface area contributed by atoms with Crippen LogP contribution in [0.4, 0.5) is 0 Å². The summed E-state index contributed by atoms with van der Waals surface area (Å²) in [7, 11) is 0. The first-order valence-corrected chi connectivity index (χ1v) is 11.3. The summed E-state index contributed by atoms with van der Waals surface area (Å²) in [5.74, 6) is 0.798. The van der Waals surface area contributed by atoms with E-state index in [0.717, 1.165) is 42.6 Å². The highest BCUT2D eigenvalue weighted by atomic mass is 16.2. The fraction of sp³-hybridized carbons (Fsp3) is 0.609. The van der Waals surface area contributed by atoms with Crippen molar-refractivity contribution in [3.05, 3.63) is 34.9 Å². The van der Waals surface area contributed by atoms with Crippen LogP contribution in [0.25, 0.3) is 0 Å². The molecule has 4 unspecified atom stereocenters. The summed E-state index contributed by atoms with van der Waals surface area (Å²) in [4.78, 5) is 38.4. The standard InChI is InChI=1S/C23H30N4O3/c28-21-8-7-20(22(29)26-21)27-13-18-15(3-1-5-17(18)23(27)30)12-25-19-6-2-4-14-11-24-10-9-16(14)19/h1,3,5,14,16,19-20,24-25H,2,4,6-13H2,(H,26,28,29). The lowest BCUT2D eigenvalue weighted by Gasteiger charge is -2.42. The van der Waals surface area contributed by atoms with Gasteiger partial charge in [0.1, 0.15) is 6.04 Å². The summed E-state index contributed by atoms with van der Waals surface area (Å²) >= 11 is 0. The molecule has 7 heteroatoms. The van der Waals surface area contributed by atoms with E-state index in [1.165, 1.54) is 25.7 Å².